The molecule has 0 spiro atoms. The first-order chi connectivity index (χ1) is 12.4. The number of carbonyl (C=O) groups excluding carboxylic acids is 1. The second kappa shape index (κ2) is 7.37. The topological polar surface area (TPSA) is 75.7 Å². The molecule has 1 N–H and O–H groups in total. The molecule has 0 aliphatic carbocycles. The van der Waals surface area contributed by atoms with Gasteiger partial charge in [0.25, 0.3) is 10.0 Å². The summed E-state index contributed by atoms with van der Waals surface area (Å²) in [5, 5.41) is 0. The Labute approximate surface area is 153 Å². The summed E-state index contributed by atoms with van der Waals surface area (Å²) in [5.74, 6) is 0.677. The highest BCUT2D eigenvalue weighted by Crippen LogP contribution is 2.31. The molecule has 0 unspecified atom stereocenters. The van der Waals surface area contributed by atoms with Gasteiger partial charge in [-0.2, -0.15) is 0 Å². The fourth-order valence-corrected chi connectivity index (χ4v) is 4.13. The third-order valence-corrected chi connectivity index (χ3v) is 5.82. The summed E-state index contributed by atoms with van der Waals surface area (Å²) in [6, 6.07) is 11.5. The molecule has 3 rings (SSSR count). The van der Waals surface area contributed by atoms with Gasteiger partial charge in [0.05, 0.1) is 12.0 Å². The minimum Gasteiger partial charge on any atom is -0.497 e. The number of methoxy groups -OCH3 is 1. The maximum absolute atomic E-state index is 12.6. The van der Waals surface area contributed by atoms with Gasteiger partial charge in [-0.1, -0.05) is 6.92 Å². The Kier molecular flexibility index (Phi) is 5.18. The van der Waals surface area contributed by atoms with Crippen molar-refractivity contribution >= 4 is 27.3 Å². The minimum atomic E-state index is -3.69. The van der Waals surface area contributed by atoms with Crippen LogP contribution in [0, 0.1) is 0 Å². The molecule has 1 amide bonds. The van der Waals surface area contributed by atoms with Crippen molar-refractivity contribution in [2.24, 2.45) is 0 Å². The number of nitrogens with zero attached hydrogens (tertiary/aromatic N) is 1. The van der Waals surface area contributed by atoms with Gasteiger partial charge in [0.1, 0.15) is 5.75 Å². The van der Waals surface area contributed by atoms with Crippen LogP contribution in [0.1, 0.15) is 25.3 Å². The standard InChI is InChI=1S/C19H22N2O4S/c1-3-19(22)21-12-4-5-14-13-15(6-11-18(14)21)20-26(23,24)17-9-7-16(25-2)8-10-17/h6-11,13,20H,3-5,12H2,1-2H3. The number of nitrogens with one attached hydrogen (secondary N) is 1. The second-order valence-electron chi connectivity index (χ2n) is 6.13. The van der Waals surface area contributed by atoms with Crippen molar-refractivity contribution in [3.05, 3.63) is 48.0 Å². The van der Waals surface area contributed by atoms with Crippen LogP contribution < -0.4 is 14.4 Å². The van der Waals surface area contributed by atoms with Crippen molar-refractivity contribution in [2.45, 2.75) is 31.1 Å². The second-order valence-corrected chi connectivity index (χ2v) is 7.81. The zero-order chi connectivity index (χ0) is 18.7. The van der Waals surface area contributed by atoms with Gasteiger partial charge in [-0.25, -0.2) is 8.42 Å². The number of anilines is 2. The number of amides is 1. The largest absolute Gasteiger partial charge is 0.497 e. The van der Waals surface area contributed by atoms with Gasteiger partial charge in [0, 0.05) is 24.3 Å². The number of sulfonamides is 1. The van der Waals surface area contributed by atoms with Crippen molar-refractivity contribution in [2.75, 3.05) is 23.3 Å². The fraction of sp³-hybridized carbons (Fsp3) is 0.316. The monoisotopic (exact) mass is 374 g/mol. The van der Waals surface area contributed by atoms with E-state index in [1.165, 1.54) is 19.2 Å². The van der Waals surface area contributed by atoms with E-state index in [-0.39, 0.29) is 10.8 Å². The van der Waals surface area contributed by atoms with Gasteiger partial charge in [-0.15, -0.1) is 0 Å². The van der Waals surface area contributed by atoms with E-state index in [1.807, 2.05) is 19.1 Å². The number of fused-ring (bicyclic) bond motifs is 1. The number of rotatable bonds is 5. The lowest BCUT2D eigenvalue weighted by molar-refractivity contribution is -0.118. The molecule has 1 heterocycles. The Morgan fingerprint density at radius 2 is 1.92 bits per heavy atom. The van der Waals surface area contributed by atoms with Gasteiger partial charge < -0.3 is 9.64 Å². The molecule has 7 heteroatoms. The van der Waals surface area contributed by atoms with Gasteiger partial charge in [-0.3, -0.25) is 9.52 Å². The number of aryl methyl sites for hydroxylation is 1. The Morgan fingerprint density at radius 1 is 1.19 bits per heavy atom. The maximum atomic E-state index is 12.6. The van der Waals surface area contributed by atoms with E-state index in [1.54, 1.807) is 23.1 Å². The molecule has 0 fully saturated rings. The lowest BCUT2D eigenvalue weighted by Gasteiger charge is -2.29. The van der Waals surface area contributed by atoms with Crippen molar-refractivity contribution < 1.29 is 17.9 Å². The predicted octanol–water partition coefficient (Wildman–Crippen LogP) is 3.19. The van der Waals surface area contributed by atoms with Crippen molar-refractivity contribution in [3.8, 4) is 5.75 Å². The molecule has 0 saturated heterocycles. The molecule has 0 bridgehead atoms. The maximum Gasteiger partial charge on any atom is 0.261 e. The van der Waals surface area contributed by atoms with Gasteiger partial charge in [0.2, 0.25) is 5.91 Å². The summed E-state index contributed by atoms with van der Waals surface area (Å²) in [4.78, 5) is 14.0. The third kappa shape index (κ3) is 3.67. The highest BCUT2D eigenvalue weighted by atomic mass is 32.2. The Bertz CT molecular complexity index is 908. The first kappa shape index (κ1) is 18.3. The summed E-state index contributed by atoms with van der Waals surface area (Å²) in [7, 11) is -2.16. The summed E-state index contributed by atoms with van der Waals surface area (Å²) < 4.78 is 32.8. The minimum absolute atomic E-state index is 0.0810. The molecular formula is C19H22N2O4S. The predicted molar refractivity (Wildman–Crippen MR) is 101 cm³/mol. The van der Waals surface area contributed by atoms with E-state index >= 15 is 0 Å². The van der Waals surface area contributed by atoms with Crippen LogP contribution in [0.15, 0.2) is 47.4 Å². The molecule has 2 aromatic rings. The van der Waals surface area contributed by atoms with Gasteiger partial charge >= 0.3 is 0 Å². The number of benzene rings is 2. The molecule has 1 aliphatic rings. The zero-order valence-corrected chi connectivity index (χ0v) is 15.7. The van der Waals surface area contributed by atoms with Crippen LogP contribution in [0.5, 0.6) is 5.75 Å². The molecule has 1 aliphatic heterocycles. The average molecular weight is 374 g/mol. The molecule has 0 saturated carbocycles. The van der Waals surface area contributed by atoms with Gasteiger partial charge in [0.15, 0.2) is 0 Å². The summed E-state index contributed by atoms with van der Waals surface area (Å²) in [5.41, 5.74) is 2.34. The lowest BCUT2D eigenvalue weighted by Crippen LogP contribution is -2.34. The van der Waals surface area contributed by atoms with E-state index in [0.29, 0.717) is 24.4 Å². The number of hydrogen-bond acceptors (Lipinski definition) is 4. The van der Waals surface area contributed by atoms with Crippen LogP contribution >= 0.6 is 0 Å². The van der Waals surface area contributed by atoms with E-state index < -0.39 is 10.0 Å². The molecule has 0 atom stereocenters. The molecule has 0 radical (unpaired) electrons. The van der Waals surface area contributed by atoms with E-state index in [0.717, 1.165) is 24.1 Å². The first-order valence-electron chi connectivity index (χ1n) is 8.55. The van der Waals surface area contributed by atoms with Crippen molar-refractivity contribution in [1.82, 2.24) is 0 Å². The quantitative estimate of drug-likeness (QED) is 0.872. The molecule has 138 valence electrons. The van der Waals surface area contributed by atoms with Gasteiger partial charge in [-0.05, 0) is 60.9 Å². The Morgan fingerprint density at radius 3 is 2.58 bits per heavy atom. The van der Waals surface area contributed by atoms with E-state index in [2.05, 4.69) is 4.72 Å². The zero-order valence-electron chi connectivity index (χ0n) is 14.9. The van der Waals surface area contributed by atoms with Crippen LogP contribution in [0.2, 0.25) is 0 Å². The lowest BCUT2D eigenvalue weighted by atomic mass is 10.0. The number of carbonyl (C=O) groups is 1. The highest BCUT2D eigenvalue weighted by molar-refractivity contribution is 7.92. The SMILES string of the molecule is CCC(=O)N1CCCc2cc(NS(=O)(=O)c3ccc(OC)cc3)ccc21. The summed E-state index contributed by atoms with van der Waals surface area (Å²) in [6.07, 6.45) is 2.14. The molecular weight excluding hydrogens is 352 g/mol. The summed E-state index contributed by atoms with van der Waals surface area (Å²) in [6.45, 7) is 2.55. The van der Waals surface area contributed by atoms with Crippen molar-refractivity contribution in [3.63, 3.8) is 0 Å². The number of hydrogen-bond donors (Lipinski definition) is 1. The van der Waals surface area contributed by atoms with Crippen LogP contribution in [0.4, 0.5) is 11.4 Å². The van der Waals surface area contributed by atoms with E-state index in [4.69, 9.17) is 4.74 Å². The number of ether oxygens (including phenoxy) is 1. The normalized spacial score (nSPS) is 13.8. The molecule has 2 aromatic carbocycles. The average Bonchev–Trinajstić information content (AvgIpc) is 2.66. The van der Waals surface area contributed by atoms with Crippen LogP contribution in [0.3, 0.4) is 0 Å². The van der Waals surface area contributed by atoms with Crippen molar-refractivity contribution in [1.29, 1.82) is 0 Å². The first-order valence-corrected chi connectivity index (χ1v) is 10.0. The smallest absolute Gasteiger partial charge is 0.261 e. The molecule has 0 aromatic heterocycles. The highest BCUT2D eigenvalue weighted by Gasteiger charge is 2.22. The third-order valence-electron chi connectivity index (χ3n) is 4.42. The molecule has 26 heavy (non-hydrogen) atoms. The molecule has 6 nitrogen and oxygen atoms in total. The fourth-order valence-electron chi connectivity index (χ4n) is 3.08. The van der Waals surface area contributed by atoms with Crippen LogP contribution in [-0.2, 0) is 21.2 Å². The van der Waals surface area contributed by atoms with Crippen LogP contribution in [-0.4, -0.2) is 28.0 Å². The Balaban J connectivity index is 1.85. The Hall–Kier alpha value is -2.54. The van der Waals surface area contributed by atoms with Crippen LogP contribution in [0.25, 0.3) is 0 Å². The van der Waals surface area contributed by atoms with E-state index in [9.17, 15) is 13.2 Å². The summed E-state index contributed by atoms with van der Waals surface area (Å²) >= 11 is 0.